The highest BCUT2D eigenvalue weighted by Crippen LogP contribution is 2.19. The highest BCUT2D eigenvalue weighted by Gasteiger charge is 2.23. The lowest BCUT2D eigenvalue weighted by atomic mass is 10.1. The molecule has 0 saturated carbocycles. The molecule has 1 aliphatic rings. The Morgan fingerprint density at radius 1 is 0.935 bits per heavy atom. The van der Waals surface area contributed by atoms with Gasteiger partial charge in [0.2, 0.25) is 5.91 Å². The van der Waals surface area contributed by atoms with Crippen LogP contribution in [0.5, 0.6) is 11.5 Å². The first kappa shape index (κ1) is 23.1. The number of methoxy groups -OCH3 is 2. The maximum absolute atomic E-state index is 12.6. The molecule has 0 spiro atoms. The SMILES string of the molecule is COc1ccc(CCC(=O)N2CCN(CCS(=O)(=O)c3cccc(OC)c3)CC2)cc1. The quantitative estimate of drug-likeness (QED) is 0.588. The van der Waals surface area contributed by atoms with Crippen molar-refractivity contribution in [3.05, 3.63) is 54.1 Å². The van der Waals surface area contributed by atoms with Gasteiger partial charge in [0.25, 0.3) is 0 Å². The van der Waals surface area contributed by atoms with Gasteiger partial charge in [-0.2, -0.15) is 0 Å². The first-order valence-electron chi connectivity index (χ1n) is 10.4. The normalized spacial score (nSPS) is 15.0. The number of amides is 1. The molecule has 0 N–H and O–H groups in total. The third-order valence-electron chi connectivity index (χ3n) is 5.59. The van der Waals surface area contributed by atoms with Gasteiger partial charge in [-0.15, -0.1) is 0 Å². The van der Waals surface area contributed by atoms with Gasteiger partial charge in [0.1, 0.15) is 11.5 Å². The molecule has 1 fully saturated rings. The summed E-state index contributed by atoms with van der Waals surface area (Å²) in [5, 5.41) is 0. The number of piperazine rings is 1. The Bertz CT molecular complexity index is 968. The van der Waals surface area contributed by atoms with Crippen molar-refractivity contribution in [2.24, 2.45) is 0 Å². The Morgan fingerprint density at radius 2 is 1.61 bits per heavy atom. The van der Waals surface area contributed by atoms with Crippen molar-refractivity contribution in [3.8, 4) is 11.5 Å². The molecular formula is C23H30N2O5S. The zero-order valence-corrected chi connectivity index (χ0v) is 18.9. The zero-order valence-electron chi connectivity index (χ0n) is 18.1. The summed E-state index contributed by atoms with van der Waals surface area (Å²) in [7, 11) is -0.229. The Morgan fingerprint density at radius 3 is 2.26 bits per heavy atom. The van der Waals surface area contributed by atoms with E-state index in [0.29, 0.717) is 51.3 Å². The van der Waals surface area contributed by atoms with E-state index in [1.165, 1.54) is 7.11 Å². The van der Waals surface area contributed by atoms with Crippen LogP contribution in [0.25, 0.3) is 0 Å². The Balaban J connectivity index is 1.42. The highest BCUT2D eigenvalue weighted by atomic mass is 32.2. The van der Waals surface area contributed by atoms with Crippen molar-refractivity contribution in [2.75, 3.05) is 52.7 Å². The van der Waals surface area contributed by atoms with Gasteiger partial charge in [-0.3, -0.25) is 9.69 Å². The molecule has 8 heteroatoms. The van der Waals surface area contributed by atoms with Crippen LogP contribution >= 0.6 is 0 Å². The van der Waals surface area contributed by atoms with Crippen LogP contribution in [0.1, 0.15) is 12.0 Å². The van der Waals surface area contributed by atoms with Gasteiger partial charge < -0.3 is 14.4 Å². The van der Waals surface area contributed by atoms with E-state index in [2.05, 4.69) is 4.90 Å². The van der Waals surface area contributed by atoms with E-state index < -0.39 is 9.84 Å². The largest absolute Gasteiger partial charge is 0.497 e. The second kappa shape index (κ2) is 10.6. The summed E-state index contributed by atoms with van der Waals surface area (Å²) in [5.74, 6) is 1.52. The smallest absolute Gasteiger partial charge is 0.222 e. The Kier molecular flexibility index (Phi) is 7.92. The maximum atomic E-state index is 12.6. The molecule has 0 atom stereocenters. The minimum Gasteiger partial charge on any atom is -0.497 e. The third-order valence-corrected chi connectivity index (χ3v) is 7.28. The number of hydrogen-bond donors (Lipinski definition) is 0. The van der Waals surface area contributed by atoms with Crippen molar-refractivity contribution in [1.82, 2.24) is 9.80 Å². The number of sulfone groups is 1. The summed E-state index contributed by atoms with van der Waals surface area (Å²) < 4.78 is 35.5. The van der Waals surface area contributed by atoms with Gasteiger partial charge in [0, 0.05) is 39.1 Å². The predicted octanol–water partition coefficient (Wildman–Crippen LogP) is 2.25. The predicted molar refractivity (Wildman–Crippen MR) is 119 cm³/mol. The Labute approximate surface area is 184 Å². The lowest BCUT2D eigenvalue weighted by Crippen LogP contribution is -2.49. The number of rotatable bonds is 9. The lowest BCUT2D eigenvalue weighted by Gasteiger charge is -2.34. The highest BCUT2D eigenvalue weighted by molar-refractivity contribution is 7.91. The number of carbonyl (C=O) groups is 1. The second-order valence-corrected chi connectivity index (χ2v) is 9.68. The van der Waals surface area contributed by atoms with Crippen molar-refractivity contribution < 1.29 is 22.7 Å². The van der Waals surface area contributed by atoms with Crippen LogP contribution in [0.4, 0.5) is 0 Å². The van der Waals surface area contributed by atoms with E-state index in [0.717, 1.165) is 11.3 Å². The molecule has 7 nitrogen and oxygen atoms in total. The molecule has 0 bridgehead atoms. The van der Waals surface area contributed by atoms with Gasteiger partial charge in [-0.1, -0.05) is 18.2 Å². The second-order valence-electron chi connectivity index (χ2n) is 7.57. The van der Waals surface area contributed by atoms with Crippen LogP contribution in [-0.2, 0) is 21.1 Å². The van der Waals surface area contributed by atoms with Crippen molar-refractivity contribution in [3.63, 3.8) is 0 Å². The van der Waals surface area contributed by atoms with Gasteiger partial charge in [0.15, 0.2) is 9.84 Å². The van der Waals surface area contributed by atoms with Crippen LogP contribution in [0, 0.1) is 0 Å². The minimum atomic E-state index is -3.38. The first-order chi connectivity index (χ1) is 14.9. The fraction of sp³-hybridized carbons (Fsp3) is 0.435. The van der Waals surface area contributed by atoms with Crippen molar-refractivity contribution in [2.45, 2.75) is 17.7 Å². The number of hydrogen-bond acceptors (Lipinski definition) is 6. The number of aryl methyl sites for hydroxylation is 1. The van der Waals surface area contributed by atoms with E-state index in [1.807, 2.05) is 29.2 Å². The molecule has 1 heterocycles. The van der Waals surface area contributed by atoms with Gasteiger partial charge >= 0.3 is 0 Å². The molecule has 0 aromatic heterocycles. The molecule has 1 saturated heterocycles. The van der Waals surface area contributed by atoms with Gasteiger partial charge in [-0.05, 0) is 42.3 Å². The van der Waals surface area contributed by atoms with Crippen LogP contribution in [0.2, 0.25) is 0 Å². The van der Waals surface area contributed by atoms with Crippen LogP contribution < -0.4 is 9.47 Å². The average molecular weight is 447 g/mol. The van der Waals surface area contributed by atoms with Gasteiger partial charge in [0.05, 0.1) is 24.9 Å². The summed E-state index contributed by atoms with van der Waals surface area (Å²) in [6.45, 7) is 3.07. The van der Waals surface area contributed by atoms with Crippen LogP contribution in [0.3, 0.4) is 0 Å². The lowest BCUT2D eigenvalue weighted by molar-refractivity contribution is -0.132. The summed E-state index contributed by atoms with van der Waals surface area (Å²) in [5.41, 5.74) is 1.11. The molecule has 2 aromatic rings. The van der Waals surface area contributed by atoms with Gasteiger partial charge in [-0.25, -0.2) is 8.42 Å². The van der Waals surface area contributed by atoms with E-state index >= 15 is 0 Å². The molecule has 31 heavy (non-hydrogen) atoms. The molecular weight excluding hydrogens is 416 g/mol. The minimum absolute atomic E-state index is 0.0472. The molecule has 2 aromatic carbocycles. The average Bonchev–Trinajstić information content (AvgIpc) is 2.82. The van der Waals surface area contributed by atoms with Crippen molar-refractivity contribution in [1.29, 1.82) is 0 Å². The zero-order chi connectivity index (χ0) is 22.3. The maximum Gasteiger partial charge on any atom is 0.222 e. The molecule has 0 aliphatic carbocycles. The molecule has 3 rings (SSSR count). The fourth-order valence-corrected chi connectivity index (χ4v) is 4.90. The summed E-state index contributed by atoms with van der Waals surface area (Å²) >= 11 is 0. The number of benzene rings is 2. The van der Waals surface area contributed by atoms with E-state index in [1.54, 1.807) is 31.4 Å². The third kappa shape index (κ3) is 6.45. The van der Waals surface area contributed by atoms with Crippen LogP contribution in [-0.4, -0.2) is 76.8 Å². The Hall–Kier alpha value is -2.58. The molecule has 168 valence electrons. The first-order valence-corrected chi connectivity index (χ1v) is 12.1. The molecule has 1 aliphatic heterocycles. The molecule has 0 unspecified atom stereocenters. The summed E-state index contributed by atoms with van der Waals surface area (Å²) in [4.78, 5) is 16.8. The summed E-state index contributed by atoms with van der Waals surface area (Å²) in [6, 6.07) is 14.3. The molecule has 1 amide bonds. The van der Waals surface area contributed by atoms with E-state index in [4.69, 9.17) is 9.47 Å². The monoisotopic (exact) mass is 446 g/mol. The van der Waals surface area contributed by atoms with Crippen molar-refractivity contribution >= 4 is 15.7 Å². The number of ether oxygens (including phenoxy) is 2. The number of carbonyl (C=O) groups excluding carboxylic acids is 1. The van der Waals surface area contributed by atoms with E-state index in [9.17, 15) is 13.2 Å². The topological polar surface area (TPSA) is 76.2 Å². The standard InChI is InChI=1S/C23H30N2O5S/c1-29-20-9-6-19(7-10-20)8-11-23(26)25-14-12-24(13-15-25)16-17-31(27,28)22-5-3-4-21(18-22)30-2/h3-7,9-10,18H,8,11-17H2,1-2H3. The fourth-order valence-electron chi connectivity index (χ4n) is 3.58. The van der Waals surface area contributed by atoms with Crippen LogP contribution in [0.15, 0.2) is 53.4 Å². The molecule has 0 radical (unpaired) electrons. The van der Waals surface area contributed by atoms with E-state index in [-0.39, 0.29) is 16.6 Å². The number of nitrogens with zero attached hydrogens (tertiary/aromatic N) is 2. The summed E-state index contributed by atoms with van der Waals surface area (Å²) in [6.07, 6.45) is 1.17.